The SMILES string of the molecule is O=C1/C(=C\N/C=C2/CCc3c(sc4ccccc34)C2=O)CCc2c1sc1ccccc21. The van der Waals surface area contributed by atoms with Crippen molar-refractivity contribution in [2.75, 3.05) is 0 Å². The molecule has 2 aliphatic rings. The van der Waals surface area contributed by atoms with Crippen LogP contribution in [0.1, 0.15) is 43.3 Å². The van der Waals surface area contributed by atoms with Gasteiger partial charge in [-0.1, -0.05) is 36.4 Å². The smallest absolute Gasteiger partial charge is 0.200 e. The predicted molar refractivity (Wildman–Crippen MR) is 128 cm³/mol. The van der Waals surface area contributed by atoms with Gasteiger partial charge in [-0.05, 0) is 59.7 Å². The van der Waals surface area contributed by atoms with Crippen LogP contribution in [0.2, 0.25) is 0 Å². The highest BCUT2D eigenvalue weighted by atomic mass is 32.1. The number of benzene rings is 2. The summed E-state index contributed by atoms with van der Waals surface area (Å²) in [7, 11) is 0. The van der Waals surface area contributed by atoms with Crippen molar-refractivity contribution in [1.29, 1.82) is 0 Å². The highest BCUT2D eigenvalue weighted by Gasteiger charge is 2.27. The first kappa shape index (κ1) is 18.7. The molecule has 5 heteroatoms. The molecule has 0 aliphatic heterocycles. The molecule has 2 aliphatic carbocycles. The van der Waals surface area contributed by atoms with Crippen molar-refractivity contribution in [2.45, 2.75) is 25.7 Å². The number of carbonyl (C=O) groups is 2. The van der Waals surface area contributed by atoms with Gasteiger partial charge < -0.3 is 5.32 Å². The van der Waals surface area contributed by atoms with Crippen LogP contribution in [0.4, 0.5) is 0 Å². The Hall–Kier alpha value is -3.02. The highest BCUT2D eigenvalue weighted by Crippen LogP contribution is 2.39. The van der Waals surface area contributed by atoms with E-state index in [0.29, 0.717) is 0 Å². The first-order valence-corrected chi connectivity index (χ1v) is 12.1. The first-order chi connectivity index (χ1) is 15.2. The molecule has 4 aromatic rings. The van der Waals surface area contributed by atoms with Gasteiger partial charge in [0.1, 0.15) is 0 Å². The van der Waals surface area contributed by atoms with Gasteiger partial charge in [0.15, 0.2) is 0 Å². The number of allylic oxidation sites excluding steroid dienone is 2. The zero-order valence-electron chi connectivity index (χ0n) is 16.7. The second kappa shape index (κ2) is 7.29. The van der Waals surface area contributed by atoms with Gasteiger partial charge >= 0.3 is 0 Å². The van der Waals surface area contributed by atoms with E-state index in [0.717, 1.165) is 46.6 Å². The molecule has 0 spiro atoms. The lowest BCUT2D eigenvalue weighted by Gasteiger charge is -2.15. The fourth-order valence-electron chi connectivity index (χ4n) is 4.62. The van der Waals surface area contributed by atoms with Crippen molar-refractivity contribution < 1.29 is 9.59 Å². The zero-order chi connectivity index (χ0) is 20.9. The van der Waals surface area contributed by atoms with E-state index in [2.05, 4.69) is 29.6 Å². The maximum Gasteiger partial charge on any atom is 0.200 e. The van der Waals surface area contributed by atoms with Crippen LogP contribution in [-0.4, -0.2) is 11.6 Å². The largest absolute Gasteiger partial charge is 0.367 e. The summed E-state index contributed by atoms with van der Waals surface area (Å²) in [5, 5.41) is 5.57. The third-order valence-electron chi connectivity index (χ3n) is 6.20. The number of aryl methyl sites for hydroxylation is 2. The second-order valence-corrected chi connectivity index (χ2v) is 10.1. The normalized spacial score (nSPS) is 18.7. The van der Waals surface area contributed by atoms with E-state index in [1.54, 1.807) is 35.1 Å². The van der Waals surface area contributed by atoms with Crippen LogP contribution in [0.15, 0.2) is 72.1 Å². The maximum atomic E-state index is 13.0. The Morgan fingerprint density at radius 2 is 1.10 bits per heavy atom. The molecule has 31 heavy (non-hydrogen) atoms. The summed E-state index contributed by atoms with van der Waals surface area (Å²) in [5.41, 5.74) is 3.92. The maximum absolute atomic E-state index is 13.0. The molecular weight excluding hydrogens is 422 g/mol. The van der Waals surface area contributed by atoms with Crippen molar-refractivity contribution in [2.24, 2.45) is 0 Å². The third-order valence-corrected chi connectivity index (χ3v) is 8.62. The Morgan fingerprint density at radius 3 is 1.58 bits per heavy atom. The molecule has 2 heterocycles. The minimum absolute atomic E-state index is 0.107. The van der Waals surface area contributed by atoms with Gasteiger partial charge in [-0.25, -0.2) is 0 Å². The lowest BCUT2D eigenvalue weighted by molar-refractivity contribution is 0.102. The molecule has 2 aromatic carbocycles. The molecule has 152 valence electrons. The molecule has 0 fully saturated rings. The van der Waals surface area contributed by atoms with Gasteiger partial charge in [0.05, 0.1) is 9.75 Å². The summed E-state index contributed by atoms with van der Waals surface area (Å²) in [4.78, 5) is 27.7. The van der Waals surface area contributed by atoms with Crippen molar-refractivity contribution in [3.8, 4) is 0 Å². The van der Waals surface area contributed by atoms with Crippen LogP contribution in [0.3, 0.4) is 0 Å². The van der Waals surface area contributed by atoms with Crippen molar-refractivity contribution >= 4 is 54.4 Å². The number of ketones is 2. The molecule has 0 radical (unpaired) electrons. The number of hydrogen-bond donors (Lipinski definition) is 1. The number of fused-ring (bicyclic) bond motifs is 6. The van der Waals surface area contributed by atoms with Gasteiger partial charge in [0.25, 0.3) is 0 Å². The summed E-state index contributed by atoms with van der Waals surface area (Å²) >= 11 is 3.16. The van der Waals surface area contributed by atoms with Crippen molar-refractivity contribution in [1.82, 2.24) is 5.32 Å². The van der Waals surface area contributed by atoms with Gasteiger partial charge in [-0.2, -0.15) is 0 Å². The standard InChI is InChI=1S/C26H19NO2S2/c28-23-15(9-11-19-17-5-1-3-7-21(17)30-25(19)23)13-27-14-16-10-12-20-18-6-2-4-8-22(18)31-26(20)24(16)29/h1-8,13-14,27H,9-12H2/b15-13-,16-14-. The Labute approximate surface area is 187 Å². The second-order valence-electron chi connectivity index (χ2n) is 7.98. The Balaban J connectivity index is 1.25. The fraction of sp³-hybridized carbons (Fsp3) is 0.154. The number of carbonyl (C=O) groups excluding carboxylic acids is 2. The lowest BCUT2D eigenvalue weighted by Crippen LogP contribution is -2.16. The first-order valence-electron chi connectivity index (χ1n) is 10.4. The Bertz CT molecular complexity index is 1340. The molecule has 3 nitrogen and oxygen atoms in total. The molecule has 2 aromatic heterocycles. The highest BCUT2D eigenvalue weighted by molar-refractivity contribution is 7.21. The van der Waals surface area contributed by atoms with Crippen LogP contribution in [0.5, 0.6) is 0 Å². The van der Waals surface area contributed by atoms with E-state index >= 15 is 0 Å². The zero-order valence-corrected chi connectivity index (χ0v) is 18.4. The van der Waals surface area contributed by atoms with E-state index < -0.39 is 0 Å². The lowest BCUT2D eigenvalue weighted by atomic mass is 9.91. The average molecular weight is 442 g/mol. The van der Waals surface area contributed by atoms with Crippen molar-refractivity contribution in [3.05, 3.63) is 93.0 Å². The van der Waals surface area contributed by atoms with E-state index in [-0.39, 0.29) is 11.6 Å². The van der Waals surface area contributed by atoms with Crippen LogP contribution in [0, 0.1) is 0 Å². The Kier molecular flexibility index (Phi) is 4.40. The summed E-state index contributed by atoms with van der Waals surface area (Å²) in [6, 6.07) is 16.5. The molecule has 0 saturated carbocycles. The molecule has 1 N–H and O–H groups in total. The topological polar surface area (TPSA) is 46.2 Å². The predicted octanol–water partition coefficient (Wildman–Crippen LogP) is 6.43. The molecule has 0 amide bonds. The van der Waals surface area contributed by atoms with Crippen LogP contribution < -0.4 is 5.32 Å². The number of thiophene rings is 2. The molecule has 0 unspecified atom stereocenters. The van der Waals surface area contributed by atoms with Gasteiger partial charge in [-0.3, -0.25) is 9.59 Å². The van der Waals surface area contributed by atoms with Gasteiger partial charge in [0.2, 0.25) is 11.6 Å². The monoisotopic (exact) mass is 441 g/mol. The molecule has 0 saturated heterocycles. The molecular formula is C26H19NO2S2. The Morgan fingerprint density at radius 1 is 0.645 bits per heavy atom. The minimum Gasteiger partial charge on any atom is -0.367 e. The molecule has 6 rings (SSSR count). The average Bonchev–Trinajstić information content (AvgIpc) is 3.36. The quantitative estimate of drug-likeness (QED) is 0.365. The fourth-order valence-corrected chi connectivity index (χ4v) is 7.07. The number of hydrogen-bond acceptors (Lipinski definition) is 5. The summed E-state index contributed by atoms with van der Waals surface area (Å²) in [5.74, 6) is 0.213. The van der Waals surface area contributed by atoms with E-state index in [1.165, 1.54) is 31.3 Å². The van der Waals surface area contributed by atoms with Crippen LogP contribution in [0.25, 0.3) is 20.2 Å². The molecule has 0 bridgehead atoms. The summed E-state index contributed by atoms with van der Waals surface area (Å²) < 4.78 is 2.34. The van der Waals surface area contributed by atoms with Gasteiger partial charge in [-0.15, -0.1) is 22.7 Å². The minimum atomic E-state index is 0.107. The van der Waals surface area contributed by atoms with Crippen molar-refractivity contribution in [3.63, 3.8) is 0 Å². The van der Waals surface area contributed by atoms with Crippen LogP contribution in [-0.2, 0) is 12.8 Å². The van der Waals surface area contributed by atoms with E-state index in [1.807, 2.05) is 24.3 Å². The van der Waals surface area contributed by atoms with E-state index in [4.69, 9.17) is 0 Å². The number of nitrogens with one attached hydrogen (secondary N) is 1. The molecule has 0 atom stereocenters. The number of rotatable bonds is 2. The van der Waals surface area contributed by atoms with E-state index in [9.17, 15) is 9.59 Å². The van der Waals surface area contributed by atoms with Gasteiger partial charge in [0, 0.05) is 32.9 Å². The number of Topliss-reactive ketones (excluding diaryl/α,β-unsaturated/α-hetero) is 2. The summed E-state index contributed by atoms with van der Waals surface area (Å²) in [6.45, 7) is 0. The van der Waals surface area contributed by atoms with Crippen LogP contribution >= 0.6 is 22.7 Å². The third kappa shape index (κ3) is 2.99. The summed E-state index contributed by atoms with van der Waals surface area (Å²) in [6.07, 6.45) is 6.76.